The average Bonchev–Trinajstić information content (AvgIpc) is 2.93. The maximum atomic E-state index is 13.8. The van der Waals surface area contributed by atoms with Crippen molar-refractivity contribution in [2.45, 2.75) is 31.9 Å². The van der Waals surface area contributed by atoms with Crippen molar-refractivity contribution >= 4 is 22.6 Å². The molecule has 5 rings (SSSR count). The van der Waals surface area contributed by atoms with Gasteiger partial charge in [-0.3, -0.25) is 14.4 Å². The molecular weight excluding hydrogens is 472 g/mol. The van der Waals surface area contributed by atoms with Crippen LogP contribution in [0.25, 0.3) is 10.8 Å². The zero-order chi connectivity index (χ0) is 25.8. The highest BCUT2D eigenvalue weighted by atomic mass is 16.5. The van der Waals surface area contributed by atoms with Gasteiger partial charge in [-0.2, -0.15) is 5.10 Å². The molecule has 37 heavy (non-hydrogen) atoms. The standard InChI is InChI=1S/C28H30N4O5/c1-2-32-25(33)22-12-5-4-11-21(22)24(30-32)26(34)31-16-18-37-28(19-31)14-8-7-10-20-9-3-6-13-23(20)36-17-15-29-27(28)35/h3-9,11-13H,2,10,14-19H2,1H3,(H,29,35)/b8-7+. The fourth-order valence-electron chi connectivity index (χ4n) is 4.85. The summed E-state index contributed by atoms with van der Waals surface area (Å²) < 4.78 is 13.3. The summed E-state index contributed by atoms with van der Waals surface area (Å²) in [7, 11) is 0. The lowest BCUT2D eigenvalue weighted by molar-refractivity contribution is -0.156. The van der Waals surface area contributed by atoms with Crippen molar-refractivity contribution in [3.05, 3.63) is 82.3 Å². The zero-order valence-corrected chi connectivity index (χ0v) is 20.8. The molecule has 192 valence electrons. The van der Waals surface area contributed by atoms with Gasteiger partial charge in [0.25, 0.3) is 17.4 Å². The third-order valence-corrected chi connectivity index (χ3v) is 6.83. The molecule has 1 atom stereocenters. The topological polar surface area (TPSA) is 103 Å². The zero-order valence-electron chi connectivity index (χ0n) is 20.8. The van der Waals surface area contributed by atoms with Crippen LogP contribution in [0.4, 0.5) is 0 Å². The molecule has 0 saturated carbocycles. The van der Waals surface area contributed by atoms with Crippen LogP contribution in [-0.4, -0.2) is 64.9 Å². The maximum absolute atomic E-state index is 13.8. The molecule has 9 heteroatoms. The Kier molecular flexibility index (Phi) is 7.05. The Balaban J connectivity index is 1.44. The second-order valence-electron chi connectivity index (χ2n) is 9.18. The van der Waals surface area contributed by atoms with Crippen LogP contribution in [-0.2, 0) is 22.5 Å². The van der Waals surface area contributed by atoms with Crippen molar-refractivity contribution in [3.8, 4) is 5.75 Å². The Bertz CT molecular complexity index is 1420. The first kappa shape index (κ1) is 24.7. The minimum Gasteiger partial charge on any atom is -0.491 e. The predicted molar refractivity (Wildman–Crippen MR) is 139 cm³/mol. The molecule has 1 unspecified atom stereocenters. The summed E-state index contributed by atoms with van der Waals surface area (Å²) in [6.45, 7) is 3.37. The minimum absolute atomic E-state index is 0.0701. The van der Waals surface area contributed by atoms with Crippen LogP contribution in [0.2, 0.25) is 0 Å². The van der Waals surface area contributed by atoms with E-state index in [2.05, 4.69) is 10.4 Å². The van der Waals surface area contributed by atoms with Crippen molar-refractivity contribution < 1.29 is 19.1 Å². The van der Waals surface area contributed by atoms with Gasteiger partial charge in [-0.25, -0.2) is 4.68 Å². The number of carbonyl (C=O) groups is 2. The summed E-state index contributed by atoms with van der Waals surface area (Å²) >= 11 is 0. The van der Waals surface area contributed by atoms with Crippen LogP contribution in [0.1, 0.15) is 29.4 Å². The van der Waals surface area contributed by atoms with E-state index in [1.165, 1.54) is 4.68 Å². The smallest absolute Gasteiger partial charge is 0.275 e. The summed E-state index contributed by atoms with van der Waals surface area (Å²) in [5, 5.41) is 8.26. The number of amides is 2. The fraction of sp³-hybridized carbons (Fsp3) is 0.357. The van der Waals surface area contributed by atoms with Crippen molar-refractivity contribution in [2.75, 3.05) is 32.8 Å². The van der Waals surface area contributed by atoms with Gasteiger partial charge in [0.1, 0.15) is 12.4 Å². The number of aryl methyl sites for hydroxylation is 1. The van der Waals surface area contributed by atoms with Gasteiger partial charge >= 0.3 is 0 Å². The number of rotatable bonds is 2. The molecule has 2 aliphatic heterocycles. The van der Waals surface area contributed by atoms with Gasteiger partial charge in [-0.05, 0) is 31.0 Å². The lowest BCUT2D eigenvalue weighted by atomic mass is 9.94. The number of benzene rings is 2. The van der Waals surface area contributed by atoms with Crippen LogP contribution < -0.4 is 15.6 Å². The molecule has 0 aliphatic carbocycles. The van der Waals surface area contributed by atoms with E-state index in [1.54, 1.807) is 29.2 Å². The normalized spacial score (nSPS) is 21.3. The molecule has 3 heterocycles. The number of fused-ring (bicyclic) bond motifs is 2. The predicted octanol–water partition coefficient (Wildman–Crippen LogP) is 2.33. The maximum Gasteiger partial charge on any atom is 0.275 e. The van der Waals surface area contributed by atoms with E-state index in [9.17, 15) is 14.4 Å². The number of para-hydroxylation sites is 1. The van der Waals surface area contributed by atoms with Crippen LogP contribution in [0.15, 0.2) is 65.5 Å². The van der Waals surface area contributed by atoms with Crippen LogP contribution in [0.3, 0.4) is 0 Å². The minimum atomic E-state index is -1.24. The van der Waals surface area contributed by atoms with E-state index in [1.807, 2.05) is 43.3 Å². The molecule has 1 aromatic heterocycles. The highest BCUT2D eigenvalue weighted by Crippen LogP contribution is 2.27. The van der Waals surface area contributed by atoms with E-state index in [0.29, 0.717) is 49.9 Å². The Morgan fingerprint density at radius 3 is 2.68 bits per heavy atom. The highest BCUT2D eigenvalue weighted by Gasteiger charge is 2.44. The lowest BCUT2D eigenvalue weighted by Crippen LogP contribution is -2.61. The van der Waals surface area contributed by atoms with E-state index < -0.39 is 5.60 Å². The first-order chi connectivity index (χ1) is 18.0. The lowest BCUT2D eigenvalue weighted by Gasteiger charge is -2.41. The van der Waals surface area contributed by atoms with Crippen LogP contribution >= 0.6 is 0 Å². The molecule has 1 saturated heterocycles. The second kappa shape index (κ2) is 10.6. The molecular formula is C28H30N4O5. The monoisotopic (exact) mass is 502 g/mol. The van der Waals surface area contributed by atoms with Gasteiger partial charge in [-0.15, -0.1) is 0 Å². The van der Waals surface area contributed by atoms with E-state index in [-0.39, 0.29) is 36.2 Å². The molecule has 2 aromatic carbocycles. The summed E-state index contributed by atoms with van der Waals surface area (Å²) in [6, 6.07) is 14.8. The molecule has 0 bridgehead atoms. The van der Waals surface area contributed by atoms with Crippen molar-refractivity contribution in [3.63, 3.8) is 0 Å². The fourth-order valence-corrected chi connectivity index (χ4v) is 4.85. The molecule has 1 spiro atoms. The van der Waals surface area contributed by atoms with E-state index >= 15 is 0 Å². The molecule has 3 aromatic rings. The molecule has 2 aliphatic rings. The molecule has 1 N–H and O–H groups in total. The van der Waals surface area contributed by atoms with E-state index in [0.717, 1.165) is 11.3 Å². The number of aromatic nitrogens is 2. The number of allylic oxidation sites excluding steroid dienone is 1. The summed E-state index contributed by atoms with van der Waals surface area (Å²) in [5.74, 6) is 0.181. The molecule has 0 radical (unpaired) electrons. The van der Waals surface area contributed by atoms with Crippen molar-refractivity contribution in [1.29, 1.82) is 0 Å². The average molecular weight is 503 g/mol. The number of morpholine rings is 1. The molecule has 1 fully saturated rings. The van der Waals surface area contributed by atoms with Gasteiger partial charge < -0.3 is 19.7 Å². The first-order valence-electron chi connectivity index (χ1n) is 12.6. The van der Waals surface area contributed by atoms with Gasteiger partial charge in [0, 0.05) is 24.9 Å². The SMILES string of the molecule is CCn1nc(C(=O)N2CCOC3(C/C=C/Cc4ccccc4OCCNC3=O)C2)c2ccccc2c1=O. The quantitative estimate of drug-likeness (QED) is 0.540. The second-order valence-corrected chi connectivity index (χ2v) is 9.18. The Morgan fingerprint density at radius 2 is 1.84 bits per heavy atom. The van der Waals surface area contributed by atoms with Crippen LogP contribution in [0.5, 0.6) is 5.75 Å². The summed E-state index contributed by atoms with van der Waals surface area (Å²) in [5.41, 5.74) is -0.216. The summed E-state index contributed by atoms with van der Waals surface area (Å²) in [6.07, 6.45) is 4.89. The largest absolute Gasteiger partial charge is 0.491 e. The number of carbonyl (C=O) groups excluding carboxylic acids is 2. The van der Waals surface area contributed by atoms with Gasteiger partial charge in [-0.1, -0.05) is 48.6 Å². The van der Waals surface area contributed by atoms with Gasteiger partial charge in [0.2, 0.25) is 0 Å². The van der Waals surface area contributed by atoms with Gasteiger partial charge in [0.15, 0.2) is 11.3 Å². The third-order valence-electron chi connectivity index (χ3n) is 6.83. The van der Waals surface area contributed by atoms with Crippen molar-refractivity contribution in [2.24, 2.45) is 0 Å². The Hall–Kier alpha value is -3.98. The number of nitrogens with one attached hydrogen (secondary N) is 1. The molecule has 2 amide bonds. The Morgan fingerprint density at radius 1 is 1.05 bits per heavy atom. The number of ether oxygens (including phenoxy) is 2. The van der Waals surface area contributed by atoms with Crippen molar-refractivity contribution in [1.82, 2.24) is 20.0 Å². The Labute approximate surface area is 214 Å². The number of hydrogen-bond donors (Lipinski definition) is 1. The van der Waals surface area contributed by atoms with Crippen LogP contribution in [0, 0.1) is 0 Å². The number of hydrogen-bond acceptors (Lipinski definition) is 6. The van der Waals surface area contributed by atoms with E-state index in [4.69, 9.17) is 9.47 Å². The number of nitrogens with zero attached hydrogens (tertiary/aromatic N) is 3. The first-order valence-corrected chi connectivity index (χ1v) is 12.6. The summed E-state index contributed by atoms with van der Waals surface area (Å²) in [4.78, 5) is 41.5. The third kappa shape index (κ3) is 4.86. The highest BCUT2D eigenvalue weighted by molar-refractivity contribution is 6.05. The molecule has 9 nitrogen and oxygen atoms in total. The van der Waals surface area contributed by atoms with Gasteiger partial charge in [0.05, 0.1) is 25.1 Å².